The lowest BCUT2D eigenvalue weighted by molar-refractivity contribution is 0.000922. The zero-order chi connectivity index (χ0) is 14.4. The van der Waals surface area contributed by atoms with E-state index < -0.39 is 0 Å². The Morgan fingerprint density at radius 2 is 2.05 bits per heavy atom. The molecule has 2 atom stereocenters. The first kappa shape index (κ1) is 15.5. The van der Waals surface area contributed by atoms with Gasteiger partial charge in [0.05, 0.1) is 12.7 Å². The zero-order valence-electron chi connectivity index (χ0n) is 13.0. The van der Waals surface area contributed by atoms with E-state index in [0.29, 0.717) is 18.1 Å². The highest BCUT2D eigenvalue weighted by Crippen LogP contribution is 2.27. The predicted molar refractivity (Wildman–Crippen MR) is 83.9 cm³/mol. The Balaban J connectivity index is 2.01. The second kappa shape index (κ2) is 7.77. The van der Waals surface area contributed by atoms with Crippen LogP contribution in [0.25, 0.3) is 0 Å². The molecule has 3 heteroatoms. The van der Waals surface area contributed by atoms with Crippen molar-refractivity contribution in [2.45, 2.75) is 32.4 Å². The molecule has 20 heavy (non-hydrogen) atoms. The summed E-state index contributed by atoms with van der Waals surface area (Å²) in [4.78, 5) is 2.45. The van der Waals surface area contributed by atoms with Crippen LogP contribution in [-0.4, -0.2) is 44.3 Å². The highest BCUT2D eigenvalue weighted by molar-refractivity contribution is 5.19. The second-order valence-electron chi connectivity index (χ2n) is 6.19. The van der Waals surface area contributed by atoms with Gasteiger partial charge in [0.15, 0.2) is 0 Å². The highest BCUT2D eigenvalue weighted by atomic mass is 16.5. The quantitative estimate of drug-likeness (QED) is 0.864. The molecule has 1 aliphatic rings. The monoisotopic (exact) mass is 276 g/mol. The van der Waals surface area contributed by atoms with Crippen molar-refractivity contribution in [3.63, 3.8) is 0 Å². The number of hydrogen-bond donors (Lipinski definition) is 1. The number of morpholine rings is 1. The molecule has 0 bridgehead atoms. The molecule has 0 radical (unpaired) electrons. The molecule has 3 nitrogen and oxygen atoms in total. The molecule has 1 aromatic carbocycles. The molecular formula is C17H28N2O. The Hall–Kier alpha value is -0.900. The fourth-order valence-corrected chi connectivity index (χ4v) is 2.88. The molecule has 0 aliphatic carbocycles. The van der Waals surface area contributed by atoms with Gasteiger partial charge >= 0.3 is 0 Å². The molecule has 2 unspecified atom stereocenters. The van der Waals surface area contributed by atoms with E-state index in [1.54, 1.807) is 0 Å². The predicted octanol–water partition coefficient (Wildman–Crippen LogP) is 2.69. The number of rotatable bonds is 6. The highest BCUT2D eigenvalue weighted by Gasteiger charge is 2.22. The van der Waals surface area contributed by atoms with Gasteiger partial charge in [-0.15, -0.1) is 0 Å². The molecule has 0 spiro atoms. The average Bonchev–Trinajstić information content (AvgIpc) is 2.46. The number of hydrogen-bond acceptors (Lipinski definition) is 3. The van der Waals surface area contributed by atoms with Crippen LogP contribution in [0.4, 0.5) is 0 Å². The van der Waals surface area contributed by atoms with Crippen LogP contribution in [0.15, 0.2) is 30.3 Å². The molecule has 0 aromatic heterocycles. The summed E-state index contributed by atoms with van der Waals surface area (Å²) in [7, 11) is 2.22. The third kappa shape index (κ3) is 4.58. The number of benzene rings is 1. The minimum Gasteiger partial charge on any atom is -0.374 e. The van der Waals surface area contributed by atoms with Gasteiger partial charge in [0.2, 0.25) is 0 Å². The van der Waals surface area contributed by atoms with Crippen LogP contribution in [0.2, 0.25) is 0 Å². The van der Waals surface area contributed by atoms with Crippen molar-refractivity contribution in [2.24, 2.45) is 5.92 Å². The summed E-state index contributed by atoms with van der Waals surface area (Å²) < 4.78 is 5.84. The summed E-state index contributed by atoms with van der Waals surface area (Å²) in [6, 6.07) is 11.3. The Labute approximate surface area is 123 Å². The van der Waals surface area contributed by atoms with Gasteiger partial charge in [0.25, 0.3) is 0 Å². The SMILES string of the molecule is CC(C)CC(c1ccccc1)N(C)CC1CNCCO1. The van der Waals surface area contributed by atoms with E-state index in [0.717, 1.165) is 26.2 Å². The number of nitrogens with zero attached hydrogens (tertiary/aromatic N) is 1. The van der Waals surface area contributed by atoms with Crippen molar-refractivity contribution in [3.05, 3.63) is 35.9 Å². The van der Waals surface area contributed by atoms with E-state index in [9.17, 15) is 0 Å². The first-order valence-corrected chi connectivity index (χ1v) is 7.74. The molecule has 1 fully saturated rings. The van der Waals surface area contributed by atoms with Crippen LogP contribution < -0.4 is 5.32 Å². The maximum absolute atomic E-state index is 5.84. The van der Waals surface area contributed by atoms with Crippen LogP contribution in [-0.2, 0) is 4.74 Å². The number of nitrogens with one attached hydrogen (secondary N) is 1. The van der Waals surface area contributed by atoms with Gasteiger partial charge in [0.1, 0.15) is 0 Å². The molecule has 1 aromatic rings. The first-order valence-electron chi connectivity index (χ1n) is 7.74. The molecule has 0 amide bonds. The van der Waals surface area contributed by atoms with Gasteiger partial charge in [-0.1, -0.05) is 44.2 Å². The van der Waals surface area contributed by atoms with Crippen molar-refractivity contribution in [2.75, 3.05) is 33.3 Å². The van der Waals surface area contributed by atoms with Gasteiger partial charge in [-0.25, -0.2) is 0 Å². The van der Waals surface area contributed by atoms with Crippen LogP contribution in [0, 0.1) is 5.92 Å². The summed E-state index contributed by atoms with van der Waals surface area (Å²) >= 11 is 0. The van der Waals surface area contributed by atoms with Gasteiger partial charge < -0.3 is 10.1 Å². The largest absolute Gasteiger partial charge is 0.374 e. The van der Waals surface area contributed by atoms with Crippen molar-refractivity contribution in [3.8, 4) is 0 Å². The van der Waals surface area contributed by atoms with E-state index in [4.69, 9.17) is 4.74 Å². The molecule has 112 valence electrons. The third-order valence-corrected chi connectivity index (χ3v) is 3.91. The van der Waals surface area contributed by atoms with Gasteiger partial charge in [-0.2, -0.15) is 0 Å². The van der Waals surface area contributed by atoms with Crippen LogP contribution >= 0.6 is 0 Å². The molecule has 2 rings (SSSR count). The summed E-state index contributed by atoms with van der Waals surface area (Å²) in [5.74, 6) is 0.688. The molecular weight excluding hydrogens is 248 g/mol. The van der Waals surface area contributed by atoms with E-state index in [1.807, 2.05) is 0 Å². The fraction of sp³-hybridized carbons (Fsp3) is 0.647. The van der Waals surface area contributed by atoms with Crippen molar-refractivity contribution >= 4 is 0 Å². The Morgan fingerprint density at radius 3 is 2.65 bits per heavy atom. The maximum Gasteiger partial charge on any atom is 0.0826 e. The zero-order valence-corrected chi connectivity index (χ0v) is 13.0. The van der Waals surface area contributed by atoms with Gasteiger partial charge in [-0.3, -0.25) is 4.90 Å². The molecule has 0 saturated carbocycles. The van der Waals surface area contributed by atoms with E-state index in [2.05, 4.69) is 61.4 Å². The number of ether oxygens (including phenoxy) is 1. The lowest BCUT2D eigenvalue weighted by atomic mass is 9.95. The Kier molecular flexibility index (Phi) is 6.02. The van der Waals surface area contributed by atoms with E-state index in [-0.39, 0.29) is 0 Å². The summed E-state index contributed by atoms with van der Waals surface area (Å²) in [5, 5.41) is 3.41. The summed E-state index contributed by atoms with van der Waals surface area (Å²) in [5.41, 5.74) is 1.41. The Bertz CT molecular complexity index is 374. The lowest BCUT2D eigenvalue weighted by Crippen LogP contribution is -2.45. The average molecular weight is 276 g/mol. The van der Waals surface area contributed by atoms with Crippen LogP contribution in [0.3, 0.4) is 0 Å². The van der Waals surface area contributed by atoms with E-state index in [1.165, 1.54) is 12.0 Å². The van der Waals surface area contributed by atoms with Crippen LogP contribution in [0.5, 0.6) is 0 Å². The van der Waals surface area contributed by atoms with Gasteiger partial charge in [0, 0.05) is 25.7 Å². The molecule has 1 saturated heterocycles. The van der Waals surface area contributed by atoms with E-state index >= 15 is 0 Å². The van der Waals surface area contributed by atoms with Crippen molar-refractivity contribution < 1.29 is 4.74 Å². The fourth-order valence-electron chi connectivity index (χ4n) is 2.88. The topological polar surface area (TPSA) is 24.5 Å². The van der Waals surface area contributed by atoms with Crippen molar-refractivity contribution in [1.82, 2.24) is 10.2 Å². The van der Waals surface area contributed by atoms with Crippen LogP contribution in [0.1, 0.15) is 31.9 Å². The molecule has 1 aliphatic heterocycles. The maximum atomic E-state index is 5.84. The Morgan fingerprint density at radius 1 is 1.30 bits per heavy atom. The smallest absolute Gasteiger partial charge is 0.0826 e. The van der Waals surface area contributed by atoms with Gasteiger partial charge in [-0.05, 0) is 24.9 Å². The lowest BCUT2D eigenvalue weighted by Gasteiger charge is -2.34. The molecule has 1 heterocycles. The third-order valence-electron chi connectivity index (χ3n) is 3.91. The van der Waals surface area contributed by atoms with Crippen molar-refractivity contribution in [1.29, 1.82) is 0 Å². The minimum absolute atomic E-state index is 0.312. The summed E-state index contributed by atoms with van der Waals surface area (Å²) in [6.07, 6.45) is 1.49. The molecule has 1 N–H and O–H groups in total. The number of likely N-dealkylation sites (N-methyl/N-ethyl adjacent to an activating group) is 1. The normalized spacial score (nSPS) is 21.4. The first-order chi connectivity index (χ1) is 9.66. The summed E-state index contributed by atoms with van der Waals surface area (Å²) in [6.45, 7) is 8.35. The standard InChI is InChI=1S/C17H28N2O/c1-14(2)11-17(15-7-5-4-6-8-15)19(3)13-16-12-18-9-10-20-16/h4-8,14,16-18H,9-13H2,1-3H3. The minimum atomic E-state index is 0.312. The second-order valence-corrected chi connectivity index (χ2v) is 6.19.